The molecule has 0 aromatic heterocycles. The molecule has 0 heterocycles. The van der Waals surface area contributed by atoms with E-state index >= 15 is 0 Å². The van der Waals surface area contributed by atoms with E-state index in [-0.39, 0.29) is 11.4 Å². The molecular formula is C14H22N2O2. The number of carbonyl (C=O) groups is 1. The van der Waals surface area contributed by atoms with E-state index in [0.717, 1.165) is 12.8 Å². The summed E-state index contributed by atoms with van der Waals surface area (Å²) in [5, 5.41) is 3.03. The zero-order chi connectivity index (χ0) is 13.8. The van der Waals surface area contributed by atoms with Crippen molar-refractivity contribution in [1.82, 2.24) is 5.32 Å². The van der Waals surface area contributed by atoms with Crippen LogP contribution in [0.4, 0.5) is 5.69 Å². The first kappa shape index (κ1) is 14.4. The molecule has 1 aromatic carbocycles. The van der Waals surface area contributed by atoms with E-state index in [2.05, 4.69) is 19.2 Å². The first-order valence-electron chi connectivity index (χ1n) is 6.21. The lowest BCUT2D eigenvalue weighted by Crippen LogP contribution is -2.45. The van der Waals surface area contributed by atoms with Crippen LogP contribution in [-0.2, 0) is 0 Å². The van der Waals surface area contributed by atoms with Gasteiger partial charge < -0.3 is 15.8 Å². The quantitative estimate of drug-likeness (QED) is 0.789. The molecule has 0 aliphatic carbocycles. The predicted octanol–water partition coefficient (Wildman–Crippen LogP) is 2.59. The van der Waals surface area contributed by atoms with Crippen molar-refractivity contribution in [3.63, 3.8) is 0 Å². The summed E-state index contributed by atoms with van der Waals surface area (Å²) in [6, 6.07) is 5.09. The normalized spacial score (nSPS) is 11.1. The number of nitrogen functional groups attached to an aromatic ring is 1. The molecule has 1 rings (SSSR count). The monoisotopic (exact) mass is 250 g/mol. The molecule has 0 fully saturated rings. The maximum Gasteiger partial charge on any atom is 0.253 e. The molecule has 0 atom stereocenters. The van der Waals surface area contributed by atoms with Crippen molar-refractivity contribution in [2.75, 3.05) is 12.8 Å². The molecule has 0 saturated heterocycles. The van der Waals surface area contributed by atoms with Gasteiger partial charge in [-0.15, -0.1) is 0 Å². The van der Waals surface area contributed by atoms with Gasteiger partial charge >= 0.3 is 0 Å². The van der Waals surface area contributed by atoms with Crippen LogP contribution in [0.3, 0.4) is 0 Å². The van der Waals surface area contributed by atoms with Crippen LogP contribution in [0.2, 0.25) is 0 Å². The van der Waals surface area contributed by atoms with E-state index in [1.54, 1.807) is 25.3 Å². The number of methoxy groups -OCH3 is 1. The minimum absolute atomic E-state index is 0.155. The number of amides is 1. The molecule has 18 heavy (non-hydrogen) atoms. The number of benzene rings is 1. The van der Waals surface area contributed by atoms with Gasteiger partial charge in [-0.1, -0.05) is 13.8 Å². The summed E-state index contributed by atoms with van der Waals surface area (Å²) in [6.45, 7) is 6.14. The molecule has 100 valence electrons. The zero-order valence-electron chi connectivity index (χ0n) is 11.5. The van der Waals surface area contributed by atoms with Gasteiger partial charge in [0, 0.05) is 11.2 Å². The number of nitrogens with one attached hydrogen (secondary N) is 1. The van der Waals surface area contributed by atoms with Crippen molar-refractivity contribution in [3.05, 3.63) is 23.8 Å². The third-order valence-electron chi connectivity index (χ3n) is 3.48. The first-order valence-corrected chi connectivity index (χ1v) is 6.21. The number of rotatable bonds is 5. The summed E-state index contributed by atoms with van der Waals surface area (Å²) in [6.07, 6.45) is 1.75. The van der Waals surface area contributed by atoms with E-state index in [1.165, 1.54) is 0 Å². The Balaban J connectivity index is 2.97. The van der Waals surface area contributed by atoms with Gasteiger partial charge in [0.2, 0.25) is 0 Å². The average molecular weight is 250 g/mol. The zero-order valence-corrected chi connectivity index (χ0v) is 11.5. The number of carbonyl (C=O) groups excluding carboxylic acids is 1. The number of hydrogen-bond acceptors (Lipinski definition) is 3. The smallest absolute Gasteiger partial charge is 0.253 e. The van der Waals surface area contributed by atoms with Crippen LogP contribution in [0.15, 0.2) is 18.2 Å². The van der Waals surface area contributed by atoms with Crippen molar-refractivity contribution >= 4 is 11.6 Å². The fourth-order valence-electron chi connectivity index (χ4n) is 1.63. The second-order valence-electron chi connectivity index (χ2n) is 4.68. The first-order chi connectivity index (χ1) is 8.45. The van der Waals surface area contributed by atoms with Gasteiger partial charge in [0.1, 0.15) is 5.75 Å². The molecule has 0 aliphatic heterocycles. The minimum atomic E-state index is -0.202. The fraction of sp³-hybridized carbons (Fsp3) is 0.500. The van der Waals surface area contributed by atoms with Crippen LogP contribution in [0.5, 0.6) is 5.75 Å². The van der Waals surface area contributed by atoms with Crippen molar-refractivity contribution in [2.24, 2.45) is 0 Å². The fourth-order valence-corrected chi connectivity index (χ4v) is 1.63. The van der Waals surface area contributed by atoms with Crippen LogP contribution < -0.4 is 15.8 Å². The third kappa shape index (κ3) is 3.15. The van der Waals surface area contributed by atoms with Crippen LogP contribution in [0.25, 0.3) is 0 Å². The second kappa shape index (κ2) is 5.76. The molecular weight excluding hydrogens is 228 g/mol. The third-order valence-corrected chi connectivity index (χ3v) is 3.48. The lowest BCUT2D eigenvalue weighted by molar-refractivity contribution is 0.0901. The SMILES string of the molecule is CCC(C)(CC)NC(=O)c1cc(OC)ccc1N. The van der Waals surface area contributed by atoms with E-state index < -0.39 is 0 Å². The summed E-state index contributed by atoms with van der Waals surface area (Å²) in [5.41, 5.74) is 6.55. The van der Waals surface area contributed by atoms with E-state index in [9.17, 15) is 4.79 Å². The van der Waals surface area contributed by atoms with Crippen LogP contribution in [0, 0.1) is 0 Å². The number of nitrogens with two attached hydrogens (primary N) is 1. The van der Waals surface area contributed by atoms with Gasteiger partial charge in [-0.2, -0.15) is 0 Å². The Morgan fingerprint density at radius 2 is 2.00 bits per heavy atom. The van der Waals surface area contributed by atoms with Gasteiger partial charge in [-0.3, -0.25) is 4.79 Å². The number of ether oxygens (including phenoxy) is 1. The highest BCUT2D eigenvalue weighted by atomic mass is 16.5. The van der Waals surface area contributed by atoms with Crippen molar-refractivity contribution in [2.45, 2.75) is 39.2 Å². The topological polar surface area (TPSA) is 64.3 Å². The van der Waals surface area contributed by atoms with Crippen molar-refractivity contribution in [3.8, 4) is 5.75 Å². The standard InChI is InChI=1S/C14H22N2O2/c1-5-14(3,6-2)16-13(17)11-9-10(18-4)7-8-12(11)15/h7-9H,5-6,15H2,1-4H3,(H,16,17). The Bertz CT molecular complexity index is 426. The predicted molar refractivity (Wildman–Crippen MR) is 73.9 cm³/mol. The molecule has 0 spiro atoms. The number of anilines is 1. The van der Waals surface area contributed by atoms with E-state index in [4.69, 9.17) is 10.5 Å². The molecule has 4 nitrogen and oxygen atoms in total. The van der Waals surface area contributed by atoms with Gasteiger partial charge in [-0.25, -0.2) is 0 Å². The van der Waals surface area contributed by atoms with Crippen molar-refractivity contribution < 1.29 is 9.53 Å². The van der Waals surface area contributed by atoms with Crippen molar-refractivity contribution in [1.29, 1.82) is 0 Å². The Morgan fingerprint density at radius 3 is 2.50 bits per heavy atom. The molecule has 0 bridgehead atoms. The molecule has 1 amide bonds. The molecule has 0 saturated carbocycles. The molecule has 0 unspecified atom stereocenters. The summed E-state index contributed by atoms with van der Waals surface area (Å²) in [7, 11) is 1.56. The minimum Gasteiger partial charge on any atom is -0.497 e. The molecule has 0 radical (unpaired) electrons. The summed E-state index contributed by atoms with van der Waals surface area (Å²) in [5.74, 6) is 0.474. The summed E-state index contributed by atoms with van der Waals surface area (Å²) < 4.78 is 5.11. The summed E-state index contributed by atoms with van der Waals surface area (Å²) >= 11 is 0. The van der Waals surface area contributed by atoms with Gasteiger partial charge in [0.15, 0.2) is 0 Å². The highest BCUT2D eigenvalue weighted by Gasteiger charge is 2.23. The molecule has 0 aliphatic rings. The highest BCUT2D eigenvalue weighted by Crippen LogP contribution is 2.21. The molecule has 1 aromatic rings. The lowest BCUT2D eigenvalue weighted by Gasteiger charge is -2.28. The van der Waals surface area contributed by atoms with Gasteiger partial charge in [0.05, 0.1) is 12.7 Å². The Morgan fingerprint density at radius 1 is 1.39 bits per heavy atom. The Hall–Kier alpha value is -1.71. The molecule has 3 N–H and O–H groups in total. The maximum atomic E-state index is 12.2. The Labute approximate surface area is 109 Å². The van der Waals surface area contributed by atoms with E-state index in [0.29, 0.717) is 17.0 Å². The summed E-state index contributed by atoms with van der Waals surface area (Å²) in [4.78, 5) is 12.2. The number of hydrogen-bond donors (Lipinski definition) is 2. The van der Waals surface area contributed by atoms with Gasteiger partial charge in [0.25, 0.3) is 5.91 Å². The average Bonchev–Trinajstić information content (AvgIpc) is 2.39. The largest absolute Gasteiger partial charge is 0.497 e. The molecule has 4 heteroatoms. The lowest BCUT2D eigenvalue weighted by atomic mass is 9.95. The maximum absolute atomic E-state index is 12.2. The van der Waals surface area contributed by atoms with Gasteiger partial charge in [-0.05, 0) is 38.0 Å². The second-order valence-corrected chi connectivity index (χ2v) is 4.68. The van der Waals surface area contributed by atoms with Crippen LogP contribution >= 0.6 is 0 Å². The van der Waals surface area contributed by atoms with Crippen LogP contribution in [-0.4, -0.2) is 18.6 Å². The Kier molecular flexibility index (Phi) is 4.59. The van der Waals surface area contributed by atoms with E-state index in [1.807, 2.05) is 6.92 Å². The van der Waals surface area contributed by atoms with Crippen LogP contribution in [0.1, 0.15) is 44.0 Å². The highest BCUT2D eigenvalue weighted by molar-refractivity contribution is 5.99.